The summed E-state index contributed by atoms with van der Waals surface area (Å²) < 4.78 is 0. The Balaban J connectivity index is 2.23. The zero-order valence-corrected chi connectivity index (χ0v) is 9.15. The molecule has 1 aliphatic carbocycles. The van der Waals surface area contributed by atoms with Crippen LogP contribution >= 0.6 is 12.6 Å². The molecular weight excluding hydrogens is 182 g/mol. The predicted molar refractivity (Wildman–Crippen MR) is 58.0 cm³/mol. The molecule has 13 heavy (non-hydrogen) atoms. The minimum absolute atomic E-state index is 0.161. The largest absolute Gasteiger partial charge is 0.353 e. The minimum Gasteiger partial charge on any atom is -0.353 e. The molecule has 0 radical (unpaired) electrons. The van der Waals surface area contributed by atoms with Gasteiger partial charge in [0.1, 0.15) is 0 Å². The van der Waals surface area contributed by atoms with E-state index in [0.29, 0.717) is 18.2 Å². The maximum absolute atomic E-state index is 11.3. The smallest absolute Gasteiger partial charge is 0.221 e. The molecule has 0 saturated heterocycles. The second-order valence-electron chi connectivity index (χ2n) is 4.01. The zero-order valence-electron chi connectivity index (χ0n) is 8.25. The molecule has 0 aliphatic heterocycles. The fourth-order valence-electron chi connectivity index (χ4n) is 1.97. The first kappa shape index (κ1) is 10.9. The molecule has 1 fully saturated rings. The number of amides is 1. The van der Waals surface area contributed by atoms with Crippen LogP contribution in [-0.4, -0.2) is 17.7 Å². The van der Waals surface area contributed by atoms with Crippen LogP contribution in [0.2, 0.25) is 0 Å². The van der Waals surface area contributed by atoms with Gasteiger partial charge in [-0.1, -0.05) is 19.8 Å². The summed E-state index contributed by atoms with van der Waals surface area (Å²) in [6.07, 6.45) is 5.43. The van der Waals surface area contributed by atoms with Crippen molar-refractivity contribution in [2.45, 2.75) is 45.1 Å². The van der Waals surface area contributed by atoms with E-state index in [9.17, 15) is 4.79 Å². The van der Waals surface area contributed by atoms with E-state index in [1.54, 1.807) is 0 Å². The van der Waals surface area contributed by atoms with Gasteiger partial charge in [0.2, 0.25) is 5.91 Å². The van der Waals surface area contributed by atoms with Crippen LogP contribution in [0.1, 0.15) is 39.0 Å². The van der Waals surface area contributed by atoms with Crippen molar-refractivity contribution in [3.63, 3.8) is 0 Å². The fraction of sp³-hybridized carbons (Fsp3) is 0.900. The molecule has 0 spiro atoms. The van der Waals surface area contributed by atoms with Crippen molar-refractivity contribution in [2.75, 3.05) is 5.75 Å². The molecule has 2 atom stereocenters. The first-order chi connectivity index (χ1) is 6.22. The van der Waals surface area contributed by atoms with Crippen molar-refractivity contribution in [3.05, 3.63) is 0 Å². The molecule has 0 aromatic carbocycles. The number of carbonyl (C=O) groups excluding carboxylic acids is 1. The van der Waals surface area contributed by atoms with E-state index < -0.39 is 0 Å². The van der Waals surface area contributed by atoms with Crippen LogP contribution in [0.4, 0.5) is 0 Å². The molecule has 0 aromatic heterocycles. The molecule has 1 rings (SSSR count). The molecule has 76 valence electrons. The van der Waals surface area contributed by atoms with Crippen molar-refractivity contribution < 1.29 is 4.79 Å². The highest BCUT2D eigenvalue weighted by atomic mass is 32.1. The van der Waals surface area contributed by atoms with Crippen LogP contribution in [0.3, 0.4) is 0 Å². The lowest BCUT2D eigenvalue weighted by molar-refractivity contribution is -0.121. The Morgan fingerprint density at radius 2 is 2.31 bits per heavy atom. The number of hydrogen-bond acceptors (Lipinski definition) is 2. The van der Waals surface area contributed by atoms with Crippen LogP contribution in [0, 0.1) is 5.92 Å². The zero-order chi connectivity index (χ0) is 9.68. The summed E-state index contributed by atoms with van der Waals surface area (Å²) in [5, 5.41) is 3.06. The maximum Gasteiger partial charge on any atom is 0.221 e. The summed E-state index contributed by atoms with van der Waals surface area (Å²) in [7, 11) is 0. The number of rotatable bonds is 3. The highest BCUT2D eigenvalue weighted by molar-refractivity contribution is 7.80. The van der Waals surface area contributed by atoms with Gasteiger partial charge in [0, 0.05) is 12.5 Å². The fourth-order valence-corrected chi connectivity index (χ4v) is 2.17. The standard InChI is InChI=1S/C10H19NOS/c1-8-3-2-4-9(7-8)11-10(12)5-6-13/h8-9,13H,2-7H2,1H3,(H,11,12). The van der Waals surface area contributed by atoms with Crippen molar-refractivity contribution in [1.29, 1.82) is 0 Å². The van der Waals surface area contributed by atoms with Gasteiger partial charge >= 0.3 is 0 Å². The lowest BCUT2D eigenvalue weighted by Gasteiger charge is -2.27. The molecule has 1 saturated carbocycles. The Bertz CT molecular complexity index is 172. The molecule has 0 aromatic rings. The Morgan fingerprint density at radius 1 is 1.54 bits per heavy atom. The molecule has 0 bridgehead atoms. The van der Waals surface area contributed by atoms with Gasteiger partial charge < -0.3 is 5.32 Å². The lowest BCUT2D eigenvalue weighted by atomic mass is 9.87. The first-order valence-electron chi connectivity index (χ1n) is 5.12. The summed E-state index contributed by atoms with van der Waals surface area (Å²) >= 11 is 4.03. The first-order valence-corrected chi connectivity index (χ1v) is 5.76. The minimum atomic E-state index is 0.161. The molecule has 1 N–H and O–H groups in total. The normalized spacial score (nSPS) is 28.5. The van der Waals surface area contributed by atoms with Crippen LogP contribution in [0.15, 0.2) is 0 Å². The number of thiol groups is 1. The highest BCUT2D eigenvalue weighted by Gasteiger charge is 2.19. The van der Waals surface area contributed by atoms with E-state index in [4.69, 9.17) is 0 Å². The van der Waals surface area contributed by atoms with Gasteiger partial charge in [0.25, 0.3) is 0 Å². The van der Waals surface area contributed by atoms with E-state index in [1.165, 1.54) is 12.8 Å². The van der Waals surface area contributed by atoms with Gasteiger partial charge in [0.05, 0.1) is 0 Å². The van der Waals surface area contributed by atoms with E-state index in [0.717, 1.165) is 18.8 Å². The predicted octanol–water partition coefficient (Wildman–Crippen LogP) is 2.00. The Kier molecular flexibility index (Phi) is 4.64. The summed E-state index contributed by atoms with van der Waals surface area (Å²) in [5.74, 6) is 1.58. The van der Waals surface area contributed by atoms with Crippen LogP contribution in [-0.2, 0) is 4.79 Å². The molecule has 1 aliphatic rings. The average Bonchev–Trinajstić information content (AvgIpc) is 2.04. The number of nitrogens with one attached hydrogen (secondary N) is 1. The maximum atomic E-state index is 11.3. The SMILES string of the molecule is CC1CCCC(NC(=O)CCS)C1. The van der Waals surface area contributed by atoms with Gasteiger partial charge in [0.15, 0.2) is 0 Å². The quantitative estimate of drug-likeness (QED) is 0.672. The number of carbonyl (C=O) groups is 1. The molecule has 2 unspecified atom stereocenters. The molecule has 3 heteroatoms. The summed E-state index contributed by atoms with van der Waals surface area (Å²) in [4.78, 5) is 11.3. The summed E-state index contributed by atoms with van der Waals surface area (Å²) in [5.41, 5.74) is 0. The highest BCUT2D eigenvalue weighted by Crippen LogP contribution is 2.23. The Labute approximate surface area is 85.9 Å². The van der Waals surface area contributed by atoms with Gasteiger partial charge in [-0.25, -0.2) is 0 Å². The van der Waals surface area contributed by atoms with Crippen LogP contribution in [0.5, 0.6) is 0 Å². The molecule has 2 nitrogen and oxygen atoms in total. The number of hydrogen-bond donors (Lipinski definition) is 2. The Hall–Kier alpha value is -0.180. The monoisotopic (exact) mass is 201 g/mol. The topological polar surface area (TPSA) is 29.1 Å². The summed E-state index contributed by atoms with van der Waals surface area (Å²) in [6, 6.07) is 0.427. The second kappa shape index (κ2) is 5.53. The van der Waals surface area contributed by atoms with E-state index >= 15 is 0 Å². The van der Waals surface area contributed by atoms with Crippen molar-refractivity contribution in [3.8, 4) is 0 Å². The summed E-state index contributed by atoms with van der Waals surface area (Å²) in [6.45, 7) is 2.26. The molecule has 1 amide bonds. The average molecular weight is 201 g/mol. The van der Waals surface area contributed by atoms with Crippen molar-refractivity contribution in [2.24, 2.45) is 5.92 Å². The van der Waals surface area contributed by atoms with E-state index in [-0.39, 0.29) is 5.91 Å². The molecular formula is C10H19NOS. The van der Waals surface area contributed by atoms with Crippen LogP contribution < -0.4 is 5.32 Å². The molecule has 0 heterocycles. The van der Waals surface area contributed by atoms with Gasteiger partial charge in [-0.15, -0.1) is 0 Å². The second-order valence-corrected chi connectivity index (χ2v) is 4.46. The van der Waals surface area contributed by atoms with Crippen LogP contribution in [0.25, 0.3) is 0 Å². The lowest BCUT2D eigenvalue weighted by Crippen LogP contribution is -2.38. The third kappa shape index (κ3) is 4.03. The third-order valence-corrected chi connectivity index (χ3v) is 2.86. The third-order valence-electron chi connectivity index (χ3n) is 2.64. The van der Waals surface area contributed by atoms with Gasteiger partial charge in [-0.2, -0.15) is 12.6 Å². The van der Waals surface area contributed by atoms with Gasteiger partial charge in [-0.3, -0.25) is 4.79 Å². The van der Waals surface area contributed by atoms with E-state index in [1.807, 2.05) is 0 Å². The van der Waals surface area contributed by atoms with Gasteiger partial charge in [-0.05, 0) is 24.5 Å². The van der Waals surface area contributed by atoms with E-state index in [2.05, 4.69) is 24.9 Å². The Morgan fingerprint density at radius 3 is 2.92 bits per heavy atom. The van der Waals surface area contributed by atoms with Crippen molar-refractivity contribution in [1.82, 2.24) is 5.32 Å². The van der Waals surface area contributed by atoms with Crippen molar-refractivity contribution >= 4 is 18.5 Å².